The van der Waals surface area contributed by atoms with Gasteiger partial charge in [0.25, 0.3) is 5.91 Å². The number of hydrogen-bond acceptors (Lipinski definition) is 3. The molecule has 0 aliphatic carbocycles. The van der Waals surface area contributed by atoms with Crippen LogP contribution in [0.4, 0.5) is 4.39 Å². The Morgan fingerprint density at radius 1 is 1.33 bits per heavy atom. The predicted molar refractivity (Wildman–Crippen MR) is 89.8 cm³/mol. The summed E-state index contributed by atoms with van der Waals surface area (Å²) in [6.45, 7) is 5.50. The second kappa shape index (κ2) is 7.20. The molecule has 0 fully saturated rings. The van der Waals surface area contributed by atoms with Crippen molar-refractivity contribution in [3.05, 3.63) is 77.9 Å². The maximum Gasteiger partial charge on any atom is 0.251 e. The van der Waals surface area contributed by atoms with Gasteiger partial charge in [0.2, 0.25) is 0 Å². The Balaban J connectivity index is 2.38. The van der Waals surface area contributed by atoms with Crippen LogP contribution in [0.2, 0.25) is 0 Å². The highest BCUT2D eigenvalue weighted by molar-refractivity contribution is 5.92. The Bertz CT molecular complexity index is 882. The van der Waals surface area contributed by atoms with Gasteiger partial charge in [0, 0.05) is 11.9 Å². The summed E-state index contributed by atoms with van der Waals surface area (Å²) >= 11 is 0. The van der Waals surface area contributed by atoms with Gasteiger partial charge in [0.15, 0.2) is 0 Å². The number of rotatable bonds is 5. The van der Waals surface area contributed by atoms with Gasteiger partial charge in [-0.1, -0.05) is 24.8 Å². The number of benzene rings is 1. The van der Waals surface area contributed by atoms with E-state index >= 15 is 0 Å². The second-order valence-electron chi connectivity index (χ2n) is 5.02. The van der Waals surface area contributed by atoms with Crippen LogP contribution in [0.3, 0.4) is 0 Å². The van der Waals surface area contributed by atoms with Crippen molar-refractivity contribution in [2.75, 3.05) is 0 Å². The molecule has 5 nitrogen and oxygen atoms in total. The molecule has 0 aliphatic rings. The van der Waals surface area contributed by atoms with Crippen molar-refractivity contribution in [2.24, 2.45) is 5.73 Å². The second-order valence-corrected chi connectivity index (χ2v) is 5.02. The molecule has 0 unspecified atom stereocenters. The van der Waals surface area contributed by atoms with E-state index in [9.17, 15) is 9.18 Å². The van der Waals surface area contributed by atoms with Crippen LogP contribution < -0.4 is 5.73 Å². The van der Waals surface area contributed by atoms with Gasteiger partial charge in [-0.05, 0) is 36.3 Å². The number of nitrogens with zero attached hydrogens (tertiary/aromatic N) is 3. The molecule has 120 valence electrons. The molecule has 2 N–H and O–H groups in total. The average molecular weight is 322 g/mol. The first-order valence-electron chi connectivity index (χ1n) is 7.01. The van der Waals surface area contributed by atoms with E-state index in [2.05, 4.69) is 11.7 Å². The van der Waals surface area contributed by atoms with Crippen LogP contribution in [0.1, 0.15) is 22.8 Å². The summed E-state index contributed by atoms with van der Waals surface area (Å²) in [4.78, 5) is 11.1. The number of nitriles is 1. The third kappa shape index (κ3) is 3.84. The van der Waals surface area contributed by atoms with Gasteiger partial charge in [0.1, 0.15) is 5.82 Å². The van der Waals surface area contributed by atoms with Gasteiger partial charge in [-0.25, -0.2) is 9.07 Å². The molecule has 0 spiro atoms. The number of aromatic nitrogens is 2. The summed E-state index contributed by atoms with van der Waals surface area (Å²) in [6.07, 6.45) is 6.30. The molecule has 24 heavy (non-hydrogen) atoms. The van der Waals surface area contributed by atoms with E-state index in [1.165, 1.54) is 29.2 Å². The number of carbonyl (C=O) groups excluding carboxylic acids is 1. The number of halogens is 1. The van der Waals surface area contributed by atoms with E-state index in [1.807, 2.05) is 6.07 Å². The van der Waals surface area contributed by atoms with Crippen molar-refractivity contribution < 1.29 is 9.18 Å². The zero-order chi connectivity index (χ0) is 17.7. The van der Waals surface area contributed by atoms with Crippen LogP contribution in [-0.4, -0.2) is 15.7 Å². The first kappa shape index (κ1) is 16.9. The molecular weight excluding hydrogens is 307 g/mol. The minimum Gasteiger partial charge on any atom is -0.366 e. The minimum absolute atomic E-state index is 0.254. The quantitative estimate of drug-likeness (QED) is 0.678. The highest BCUT2D eigenvalue weighted by Gasteiger charge is 2.07. The van der Waals surface area contributed by atoms with Gasteiger partial charge < -0.3 is 5.73 Å². The smallest absolute Gasteiger partial charge is 0.251 e. The first-order chi connectivity index (χ1) is 11.4. The Morgan fingerprint density at radius 2 is 2.00 bits per heavy atom. The molecule has 0 saturated carbocycles. The predicted octanol–water partition coefficient (Wildman–Crippen LogP) is 3.15. The molecule has 1 aromatic heterocycles. The van der Waals surface area contributed by atoms with Crippen LogP contribution in [-0.2, 0) is 0 Å². The topological polar surface area (TPSA) is 84.7 Å². The first-order valence-corrected chi connectivity index (χ1v) is 7.01. The summed E-state index contributed by atoms with van der Waals surface area (Å²) in [7, 11) is 0. The molecule has 0 saturated heterocycles. The van der Waals surface area contributed by atoms with E-state index in [-0.39, 0.29) is 11.4 Å². The Labute approximate surface area is 138 Å². The lowest BCUT2D eigenvalue weighted by Crippen LogP contribution is -2.09. The van der Waals surface area contributed by atoms with Crippen molar-refractivity contribution >= 4 is 17.2 Å². The normalized spacial score (nSPS) is 11.9. The molecule has 6 heteroatoms. The maximum absolute atomic E-state index is 13.1. The lowest BCUT2D eigenvalue weighted by molar-refractivity contribution is 0.100. The molecule has 0 radical (unpaired) electrons. The highest BCUT2D eigenvalue weighted by atomic mass is 19.1. The van der Waals surface area contributed by atoms with Crippen LogP contribution in [0, 0.1) is 17.1 Å². The molecule has 2 aromatic rings. The van der Waals surface area contributed by atoms with Crippen LogP contribution in [0.5, 0.6) is 0 Å². The average Bonchev–Trinajstić information content (AvgIpc) is 3.06. The fourth-order valence-electron chi connectivity index (χ4n) is 1.98. The Kier molecular flexibility index (Phi) is 5.07. The zero-order valence-electron chi connectivity index (χ0n) is 13.0. The van der Waals surface area contributed by atoms with Crippen molar-refractivity contribution in [3.63, 3.8) is 0 Å². The van der Waals surface area contributed by atoms with E-state index in [0.29, 0.717) is 22.4 Å². The Hall–Kier alpha value is -3.46. The van der Waals surface area contributed by atoms with Gasteiger partial charge in [-0.15, -0.1) is 0 Å². The molecule has 2 rings (SSSR count). The van der Waals surface area contributed by atoms with Gasteiger partial charge in [0.05, 0.1) is 23.4 Å². The van der Waals surface area contributed by atoms with Gasteiger partial charge in [-0.3, -0.25) is 4.79 Å². The fourth-order valence-corrected chi connectivity index (χ4v) is 1.98. The lowest BCUT2D eigenvalue weighted by atomic mass is 9.99. The molecule has 1 amide bonds. The number of nitrogens with two attached hydrogens (primary N) is 1. The van der Waals surface area contributed by atoms with Gasteiger partial charge in [-0.2, -0.15) is 10.4 Å². The summed E-state index contributed by atoms with van der Waals surface area (Å²) in [5.74, 6) is -0.919. The maximum atomic E-state index is 13.1. The van der Waals surface area contributed by atoms with Crippen molar-refractivity contribution in [1.82, 2.24) is 9.78 Å². The number of hydrogen-bond donors (Lipinski definition) is 1. The number of primary amides is 1. The number of carbonyl (C=O) groups is 1. The largest absolute Gasteiger partial charge is 0.366 e. The highest BCUT2D eigenvalue weighted by Crippen LogP contribution is 2.22. The summed E-state index contributed by atoms with van der Waals surface area (Å²) in [5, 5.41) is 13.2. The van der Waals surface area contributed by atoms with Crippen molar-refractivity contribution in [2.45, 2.75) is 6.92 Å². The number of amides is 1. The molecule has 0 bridgehead atoms. The van der Waals surface area contributed by atoms with Crippen molar-refractivity contribution in [1.29, 1.82) is 5.26 Å². The lowest BCUT2D eigenvalue weighted by Gasteiger charge is -2.05. The zero-order valence-corrected chi connectivity index (χ0v) is 13.0. The summed E-state index contributed by atoms with van der Waals surface area (Å²) < 4.78 is 14.6. The molecule has 1 aromatic carbocycles. The minimum atomic E-state index is -0.561. The third-order valence-corrected chi connectivity index (χ3v) is 3.33. The SMILES string of the molecule is C=C(C#N)/C(=C\C=C(/C)n1cc(C(N)=O)cn1)c1ccc(F)cc1. The molecular formula is C18H15FN4O. The Morgan fingerprint density at radius 3 is 2.54 bits per heavy atom. The van der Waals surface area contributed by atoms with Crippen LogP contribution in [0.15, 0.2) is 61.0 Å². The van der Waals surface area contributed by atoms with Crippen molar-refractivity contribution in [3.8, 4) is 6.07 Å². The van der Waals surface area contributed by atoms with E-state index < -0.39 is 5.91 Å². The van der Waals surface area contributed by atoms with Crippen LogP contribution in [0.25, 0.3) is 11.3 Å². The number of allylic oxidation sites excluding steroid dienone is 5. The fraction of sp³-hybridized carbons (Fsp3) is 0.0556. The summed E-state index contributed by atoms with van der Waals surface area (Å²) in [6, 6.07) is 7.78. The van der Waals surface area contributed by atoms with Crippen LogP contribution >= 0.6 is 0 Å². The monoisotopic (exact) mass is 322 g/mol. The standard InChI is InChI=1S/C18H15FN4O/c1-12(9-20)17(14-4-6-16(19)7-5-14)8-3-13(2)23-11-15(10-22-23)18(21)24/h3-8,10-11H,1H2,2H3,(H2,21,24)/b13-3+,17-8+. The molecule has 0 atom stereocenters. The molecule has 1 heterocycles. The molecule has 0 aliphatic heterocycles. The van der Waals surface area contributed by atoms with E-state index in [1.54, 1.807) is 31.2 Å². The van der Waals surface area contributed by atoms with E-state index in [0.717, 1.165) is 0 Å². The third-order valence-electron chi connectivity index (χ3n) is 3.33. The summed E-state index contributed by atoms with van der Waals surface area (Å²) in [5.41, 5.74) is 7.69. The van der Waals surface area contributed by atoms with Gasteiger partial charge >= 0.3 is 0 Å². The van der Waals surface area contributed by atoms with E-state index in [4.69, 9.17) is 11.0 Å².